The second-order valence-corrected chi connectivity index (χ2v) is 2.32. The molecule has 0 radical (unpaired) electrons. The van der Waals surface area contributed by atoms with Gasteiger partial charge in [-0.15, -0.1) is 0 Å². The number of hydrogen-bond acceptors (Lipinski definition) is 3. The van der Waals surface area contributed by atoms with Gasteiger partial charge in [0.2, 0.25) is 0 Å². The van der Waals surface area contributed by atoms with E-state index >= 15 is 0 Å². The molecule has 0 aliphatic heterocycles. The van der Waals surface area contributed by atoms with Gasteiger partial charge in [0.1, 0.15) is 0 Å². The van der Waals surface area contributed by atoms with Crippen LogP contribution in [0.4, 0.5) is 0 Å². The number of imidazole rings is 1. The lowest BCUT2D eigenvalue weighted by molar-refractivity contribution is 0.100. The van der Waals surface area contributed by atoms with Crippen LogP contribution in [0.5, 0.6) is 0 Å². The van der Waals surface area contributed by atoms with Crippen LogP contribution in [0.3, 0.4) is 0 Å². The maximum Gasteiger partial charge on any atom is 0.251 e. The quantitative estimate of drug-likeness (QED) is 0.621. The third-order valence-electron chi connectivity index (χ3n) is 1.59. The second-order valence-electron chi connectivity index (χ2n) is 2.32. The summed E-state index contributed by atoms with van der Waals surface area (Å²) in [6.45, 7) is 0. The Balaban J connectivity index is 2.82. The maximum atomic E-state index is 10.9. The number of primary amides is 1. The van der Waals surface area contributed by atoms with Crippen LogP contribution in [0, 0.1) is 0 Å². The van der Waals surface area contributed by atoms with Crippen molar-refractivity contribution in [2.75, 3.05) is 0 Å². The molecule has 2 rings (SSSR count). The fourth-order valence-electron chi connectivity index (χ4n) is 1.05. The molecule has 0 fully saturated rings. The van der Waals surface area contributed by atoms with Crippen molar-refractivity contribution in [1.82, 2.24) is 15.0 Å². The van der Waals surface area contributed by atoms with Gasteiger partial charge < -0.3 is 10.7 Å². The first-order valence-electron chi connectivity index (χ1n) is 3.37. The molecule has 5 nitrogen and oxygen atoms in total. The van der Waals surface area contributed by atoms with Crippen LogP contribution in [-0.4, -0.2) is 20.9 Å². The van der Waals surface area contributed by atoms with Crippen molar-refractivity contribution in [1.29, 1.82) is 0 Å². The molecule has 2 aromatic rings. The fraction of sp³-hybridized carbons (Fsp3) is 0. The van der Waals surface area contributed by atoms with Crippen LogP contribution in [0.25, 0.3) is 11.2 Å². The molecule has 0 aliphatic carbocycles. The van der Waals surface area contributed by atoms with Crippen LogP contribution in [0.2, 0.25) is 0 Å². The molecule has 12 heavy (non-hydrogen) atoms. The number of hydrogen-bond donors (Lipinski definition) is 2. The molecule has 0 bridgehead atoms. The first-order valence-corrected chi connectivity index (χ1v) is 3.37. The van der Waals surface area contributed by atoms with Crippen LogP contribution in [0.1, 0.15) is 10.4 Å². The molecule has 0 spiro atoms. The van der Waals surface area contributed by atoms with E-state index in [-0.39, 0.29) is 0 Å². The van der Waals surface area contributed by atoms with Gasteiger partial charge in [0.25, 0.3) is 5.91 Å². The van der Waals surface area contributed by atoms with E-state index in [1.807, 2.05) is 0 Å². The number of H-pyrrole nitrogens is 1. The number of aromatic amines is 1. The van der Waals surface area contributed by atoms with E-state index in [1.165, 1.54) is 12.5 Å². The molecule has 0 unspecified atom stereocenters. The number of nitrogens with one attached hydrogen (secondary N) is 1. The smallest absolute Gasteiger partial charge is 0.251 e. The van der Waals surface area contributed by atoms with Gasteiger partial charge in [0.15, 0.2) is 5.65 Å². The summed E-state index contributed by atoms with van der Waals surface area (Å²) < 4.78 is 0. The molecule has 0 aliphatic rings. The van der Waals surface area contributed by atoms with Gasteiger partial charge in [0.05, 0.1) is 17.4 Å². The van der Waals surface area contributed by atoms with Gasteiger partial charge in [-0.3, -0.25) is 4.79 Å². The highest BCUT2D eigenvalue weighted by atomic mass is 16.1. The van der Waals surface area contributed by atoms with Gasteiger partial charge in [-0.05, 0) is 6.07 Å². The molecular formula is C7H6N4O. The third kappa shape index (κ3) is 0.833. The summed E-state index contributed by atoms with van der Waals surface area (Å²) in [6, 6.07) is 1.56. The lowest BCUT2D eigenvalue weighted by Crippen LogP contribution is -2.11. The monoisotopic (exact) mass is 162 g/mol. The first kappa shape index (κ1) is 6.78. The highest BCUT2D eigenvalue weighted by Crippen LogP contribution is 2.10. The molecule has 1 amide bonds. The molecule has 60 valence electrons. The standard InChI is InChI=1S/C7H6N4O/c8-6(12)4-1-2-9-7-5(4)10-3-11-7/h1-3H,(H2,8,12)(H,9,10,11). The molecule has 0 atom stereocenters. The second kappa shape index (κ2) is 2.30. The normalized spacial score (nSPS) is 10.3. The van der Waals surface area contributed by atoms with Crippen molar-refractivity contribution < 1.29 is 4.79 Å². The molecule has 0 saturated heterocycles. The molecular weight excluding hydrogens is 156 g/mol. The summed E-state index contributed by atoms with van der Waals surface area (Å²) in [5.41, 5.74) is 6.63. The van der Waals surface area contributed by atoms with Crippen LogP contribution in [-0.2, 0) is 0 Å². The lowest BCUT2D eigenvalue weighted by atomic mass is 10.2. The minimum absolute atomic E-state index is 0.414. The Kier molecular flexibility index (Phi) is 1.30. The highest BCUT2D eigenvalue weighted by Gasteiger charge is 2.07. The van der Waals surface area contributed by atoms with Crippen molar-refractivity contribution >= 4 is 17.1 Å². The summed E-state index contributed by atoms with van der Waals surface area (Å²) in [4.78, 5) is 21.5. The minimum Gasteiger partial charge on any atom is -0.366 e. The van der Waals surface area contributed by atoms with E-state index in [0.717, 1.165) is 0 Å². The SMILES string of the molecule is NC(=O)c1ccnc2nc[nH]c12. The number of nitrogens with zero attached hydrogens (tertiary/aromatic N) is 2. The zero-order valence-electron chi connectivity index (χ0n) is 6.11. The fourth-order valence-corrected chi connectivity index (χ4v) is 1.05. The molecule has 0 aromatic carbocycles. The first-order chi connectivity index (χ1) is 5.79. The molecule has 3 N–H and O–H groups in total. The largest absolute Gasteiger partial charge is 0.366 e. The van der Waals surface area contributed by atoms with Crippen LogP contribution >= 0.6 is 0 Å². The van der Waals surface area contributed by atoms with Crippen LogP contribution in [0.15, 0.2) is 18.6 Å². The number of rotatable bonds is 1. The van der Waals surface area contributed by atoms with E-state index < -0.39 is 5.91 Å². The summed E-state index contributed by atoms with van der Waals surface area (Å²) in [7, 11) is 0. The average molecular weight is 162 g/mol. The number of amides is 1. The van der Waals surface area contributed by atoms with Gasteiger partial charge in [0, 0.05) is 6.20 Å². The van der Waals surface area contributed by atoms with E-state index in [2.05, 4.69) is 15.0 Å². The van der Waals surface area contributed by atoms with Crippen molar-refractivity contribution in [3.05, 3.63) is 24.2 Å². The molecule has 2 heterocycles. The predicted octanol–water partition coefficient (Wildman–Crippen LogP) is 0.0568. The van der Waals surface area contributed by atoms with E-state index in [4.69, 9.17) is 5.73 Å². The Morgan fingerprint density at radius 2 is 2.33 bits per heavy atom. The summed E-state index contributed by atoms with van der Waals surface area (Å²) in [5.74, 6) is -0.480. The Hall–Kier alpha value is -1.91. The summed E-state index contributed by atoms with van der Waals surface area (Å²) in [5, 5.41) is 0. The van der Waals surface area contributed by atoms with Gasteiger partial charge in [-0.2, -0.15) is 0 Å². The lowest BCUT2D eigenvalue weighted by Gasteiger charge is -1.94. The number of nitrogens with two attached hydrogens (primary N) is 1. The number of carbonyl (C=O) groups excluding carboxylic acids is 1. The number of fused-ring (bicyclic) bond motifs is 1. The van der Waals surface area contributed by atoms with Crippen LogP contribution < -0.4 is 5.73 Å². The number of carbonyl (C=O) groups is 1. The zero-order valence-corrected chi connectivity index (χ0v) is 6.11. The van der Waals surface area contributed by atoms with Crippen molar-refractivity contribution in [3.8, 4) is 0 Å². The Morgan fingerprint density at radius 3 is 3.08 bits per heavy atom. The van der Waals surface area contributed by atoms with E-state index in [0.29, 0.717) is 16.7 Å². The highest BCUT2D eigenvalue weighted by molar-refractivity contribution is 6.02. The number of pyridine rings is 1. The Bertz CT molecular complexity index is 434. The van der Waals surface area contributed by atoms with Gasteiger partial charge in [-0.1, -0.05) is 0 Å². The van der Waals surface area contributed by atoms with Gasteiger partial charge in [-0.25, -0.2) is 9.97 Å². The molecule has 2 aromatic heterocycles. The Labute approximate surface area is 67.6 Å². The molecule has 5 heteroatoms. The number of aromatic nitrogens is 3. The third-order valence-corrected chi connectivity index (χ3v) is 1.59. The Morgan fingerprint density at radius 1 is 1.50 bits per heavy atom. The summed E-state index contributed by atoms with van der Waals surface area (Å²) in [6.07, 6.45) is 2.98. The van der Waals surface area contributed by atoms with Crippen molar-refractivity contribution in [2.24, 2.45) is 5.73 Å². The van der Waals surface area contributed by atoms with E-state index in [1.54, 1.807) is 6.07 Å². The maximum absolute atomic E-state index is 10.9. The predicted molar refractivity (Wildman–Crippen MR) is 42.4 cm³/mol. The van der Waals surface area contributed by atoms with Gasteiger partial charge >= 0.3 is 0 Å². The zero-order chi connectivity index (χ0) is 8.55. The average Bonchev–Trinajstić information content (AvgIpc) is 2.49. The topological polar surface area (TPSA) is 84.7 Å². The minimum atomic E-state index is -0.480. The molecule has 0 saturated carbocycles. The van der Waals surface area contributed by atoms with Crippen molar-refractivity contribution in [3.63, 3.8) is 0 Å². The van der Waals surface area contributed by atoms with E-state index in [9.17, 15) is 4.79 Å². The van der Waals surface area contributed by atoms with Crippen molar-refractivity contribution in [2.45, 2.75) is 0 Å². The summed E-state index contributed by atoms with van der Waals surface area (Å²) >= 11 is 0.